The topological polar surface area (TPSA) is 62.0 Å². The van der Waals surface area contributed by atoms with Gasteiger partial charge in [0.1, 0.15) is 0 Å². The number of carbonyl (C=O) groups is 1. The molecule has 0 saturated carbocycles. The minimum atomic E-state index is -0.252. The number of H-pyrrole nitrogens is 1. The van der Waals surface area contributed by atoms with Crippen molar-refractivity contribution >= 4 is 5.91 Å². The number of rotatable bonds is 6. The molecule has 4 nitrogen and oxygen atoms in total. The Balaban J connectivity index is 2.28. The molecule has 0 bridgehead atoms. The van der Waals surface area contributed by atoms with E-state index in [2.05, 4.69) is 24.1 Å². The SMILES string of the molecule is CC(C)CCCCNC(=O)c1cc[nH]c(=O)c1. The van der Waals surface area contributed by atoms with E-state index in [9.17, 15) is 9.59 Å². The summed E-state index contributed by atoms with van der Waals surface area (Å²) in [5, 5.41) is 2.81. The van der Waals surface area contributed by atoms with Crippen molar-refractivity contribution in [3.05, 3.63) is 34.2 Å². The molecule has 0 aliphatic rings. The highest BCUT2D eigenvalue weighted by molar-refractivity contribution is 5.93. The van der Waals surface area contributed by atoms with Gasteiger partial charge in [-0.2, -0.15) is 0 Å². The quantitative estimate of drug-likeness (QED) is 0.741. The van der Waals surface area contributed by atoms with E-state index in [0.717, 1.165) is 12.8 Å². The second kappa shape index (κ2) is 6.89. The highest BCUT2D eigenvalue weighted by Crippen LogP contribution is 2.05. The number of nitrogens with one attached hydrogen (secondary N) is 2. The summed E-state index contributed by atoms with van der Waals surface area (Å²) in [4.78, 5) is 25.1. The molecule has 1 rings (SSSR count). The Morgan fingerprint density at radius 1 is 1.41 bits per heavy atom. The zero-order chi connectivity index (χ0) is 12.7. The van der Waals surface area contributed by atoms with Gasteiger partial charge in [-0.25, -0.2) is 0 Å². The fourth-order valence-corrected chi connectivity index (χ4v) is 1.57. The van der Waals surface area contributed by atoms with E-state index in [1.54, 1.807) is 6.07 Å². The van der Waals surface area contributed by atoms with Gasteiger partial charge in [0.05, 0.1) is 0 Å². The van der Waals surface area contributed by atoms with Crippen LogP contribution < -0.4 is 10.9 Å². The first kappa shape index (κ1) is 13.5. The Morgan fingerprint density at radius 2 is 2.18 bits per heavy atom. The molecule has 0 aliphatic heterocycles. The van der Waals surface area contributed by atoms with Gasteiger partial charge >= 0.3 is 0 Å². The first-order valence-electron chi connectivity index (χ1n) is 6.06. The molecule has 0 unspecified atom stereocenters. The lowest BCUT2D eigenvalue weighted by atomic mass is 10.1. The maximum atomic E-state index is 11.6. The number of hydrogen-bond donors (Lipinski definition) is 2. The molecular weight excluding hydrogens is 216 g/mol. The number of amides is 1. The van der Waals surface area contributed by atoms with Crippen LogP contribution in [0.1, 0.15) is 43.5 Å². The van der Waals surface area contributed by atoms with Crippen molar-refractivity contribution in [3.8, 4) is 0 Å². The molecule has 1 aromatic rings. The fourth-order valence-electron chi connectivity index (χ4n) is 1.57. The number of pyridine rings is 1. The number of aromatic amines is 1. The molecule has 0 radical (unpaired) electrons. The summed E-state index contributed by atoms with van der Waals surface area (Å²) in [6, 6.07) is 2.91. The van der Waals surface area contributed by atoms with E-state index in [1.807, 2.05) is 0 Å². The largest absolute Gasteiger partial charge is 0.352 e. The van der Waals surface area contributed by atoms with Crippen LogP contribution in [-0.4, -0.2) is 17.4 Å². The predicted molar refractivity (Wildman–Crippen MR) is 68.1 cm³/mol. The third kappa shape index (κ3) is 5.33. The first-order valence-corrected chi connectivity index (χ1v) is 6.06. The minimum Gasteiger partial charge on any atom is -0.352 e. The van der Waals surface area contributed by atoms with Crippen LogP contribution in [0.2, 0.25) is 0 Å². The summed E-state index contributed by atoms with van der Waals surface area (Å²) >= 11 is 0. The molecule has 0 aliphatic carbocycles. The predicted octanol–water partition coefficient (Wildman–Crippen LogP) is 1.93. The van der Waals surface area contributed by atoms with Crippen LogP contribution in [0.4, 0.5) is 0 Å². The molecule has 1 heterocycles. The zero-order valence-electron chi connectivity index (χ0n) is 10.5. The van der Waals surface area contributed by atoms with Crippen molar-refractivity contribution in [2.75, 3.05) is 6.54 Å². The van der Waals surface area contributed by atoms with Crippen LogP contribution in [0.5, 0.6) is 0 Å². The van der Waals surface area contributed by atoms with Crippen LogP contribution in [0, 0.1) is 5.92 Å². The van der Waals surface area contributed by atoms with Crippen LogP contribution in [0.3, 0.4) is 0 Å². The highest BCUT2D eigenvalue weighted by Gasteiger charge is 2.04. The molecule has 0 fully saturated rings. The molecule has 94 valence electrons. The van der Waals surface area contributed by atoms with Crippen molar-refractivity contribution in [1.29, 1.82) is 0 Å². The molecule has 0 atom stereocenters. The number of aromatic nitrogens is 1. The number of carbonyl (C=O) groups excluding carboxylic acids is 1. The average molecular weight is 236 g/mol. The summed E-state index contributed by atoms with van der Waals surface area (Å²) in [7, 11) is 0. The monoisotopic (exact) mass is 236 g/mol. The van der Waals surface area contributed by atoms with Gasteiger partial charge in [0.2, 0.25) is 5.56 Å². The van der Waals surface area contributed by atoms with Crippen molar-refractivity contribution in [3.63, 3.8) is 0 Å². The lowest BCUT2D eigenvalue weighted by molar-refractivity contribution is 0.0952. The van der Waals surface area contributed by atoms with Gasteiger partial charge in [0, 0.05) is 24.4 Å². The maximum absolute atomic E-state index is 11.6. The standard InChI is InChI=1S/C13H20N2O2/c1-10(2)5-3-4-7-15-13(17)11-6-8-14-12(16)9-11/h6,8-10H,3-5,7H2,1-2H3,(H,14,16)(H,15,17). The van der Waals surface area contributed by atoms with Gasteiger partial charge in [-0.3, -0.25) is 9.59 Å². The third-order valence-electron chi connectivity index (χ3n) is 2.53. The first-order chi connectivity index (χ1) is 8.09. The van der Waals surface area contributed by atoms with Crippen molar-refractivity contribution in [2.45, 2.75) is 33.1 Å². The van der Waals surface area contributed by atoms with Gasteiger partial charge in [-0.15, -0.1) is 0 Å². The van der Waals surface area contributed by atoms with E-state index in [0.29, 0.717) is 18.0 Å². The van der Waals surface area contributed by atoms with Crippen molar-refractivity contribution in [1.82, 2.24) is 10.3 Å². The van der Waals surface area contributed by atoms with E-state index in [4.69, 9.17) is 0 Å². The molecule has 0 saturated heterocycles. The average Bonchev–Trinajstić information content (AvgIpc) is 2.28. The van der Waals surface area contributed by atoms with Crippen molar-refractivity contribution < 1.29 is 4.79 Å². The third-order valence-corrected chi connectivity index (χ3v) is 2.53. The Bertz CT molecular complexity index is 410. The highest BCUT2D eigenvalue weighted by atomic mass is 16.2. The second-order valence-corrected chi connectivity index (χ2v) is 4.59. The Labute approximate surface area is 101 Å². The number of unbranched alkanes of at least 4 members (excludes halogenated alkanes) is 1. The maximum Gasteiger partial charge on any atom is 0.251 e. The van der Waals surface area contributed by atoms with Crippen LogP contribution >= 0.6 is 0 Å². The van der Waals surface area contributed by atoms with E-state index in [-0.39, 0.29) is 11.5 Å². The van der Waals surface area contributed by atoms with Gasteiger partial charge in [0.15, 0.2) is 0 Å². The summed E-state index contributed by atoms with van der Waals surface area (Å²) in [6.45, 7) is 5.04. The van der Waals surface area contributed by atoms with E-state index >= 15 is 0 Å². The normalized spacial score (nSPS) is 10.5. The van der Waals surface area contributed by atoms with E-state index in [1.165, 1.54) is 18.7 Å². The van der Waals surface area contributed by atoms with Gasteiger partial charge in [-0.05, 0) is 18.4 Å². The molecular formula is C13H20N2O2. The van der Waals surface area contributed by atoms with Gasteiger partial charge in [-0.1, -0.05) is 26.7 Å². The lowest BCUT2D eigenvalue weighted by Gasteiger charge is -2.06. The molecule has 0 aromatic carbocycles. The van der Waals surface area contributed by atoms with Gasteiger partial charge in [0.25, 0.3) is 5.91 Å². The summed E-state index contributed by atoms with van der Waals surface area (Å²) in [5.74, 6) is 0.527. The number of hydrogen-bond acceptors (Lipinski definition) is 2. The Morgan fingerprint density at radius 3 is 2.82 bits per heavy atom. The van der Waals surface area contributed by atoms with Crippen LogP contribution in [0.25, 0.3) is 0 Å². The minimum absolute atomic E-state index is 0.180. The summed E-state index contributed by atoms with van der Waals surface area (Å²) < 4.78 is 0. The lowest BCUT2D eigenvalue weighted by Crippen LogP contribution is -2.25. The second-order valence-electron chi connectivity index (χ2n) is 4.59. The molecule has 1 amide bonds. The van der Waals surface area contributed by atoms with Gasteiger partial charge < -0.3 is 10.3 Å². The molecule has 1 aromatic heterocycles. The molecule has 17 heavy (non-hydrogen) atoms. The molecule has 0 spiro atoms. The fraction of sp³-hybridized carbons (Fsp3) is 0.538. The van der Waals surface area contributed by atoms with E-state index < -0.39 is 0 Å². The molecule has 2 N–H and O–H groups in total. The molecule has 4 heteroatoms. The smallest absolute Gasteiger partial charge is 0.251 e. The van der Waals surface area contributed by atoms with Crippen LogP contribution in [-0.2, 0) is 0 Å². The Kier molecular flexibility index (Phi) is 5.46. The summed E-state index contributed by atoms with van der Waals surface area (Å²) in [6.07, 6.45) is 4.76. The van der Waals surface area contributed by atoms with Crippen LogP contribution in [0.15, 0.2) is 23.1 Å². The summed E-state index contributed by atoms with van der Waals surface area (Å²) in [5.41, 5.74) is 0.162. The van der Waals surface area contributed by atoms with Crippen molar-refractivity contribution in [2.24, 2.45) is 5.92 Å². The Hall–Kier alpha value is -1.58. The zero-order valence-corrected chi connectivity index (χ0v) is 10.5.